The lowest BCUT2D eigenvalue weighted by Gasteiger charge is -2.00. The number of furan rings is 1. The average molecular weight is 283 g/mol. The number of nitro benzene ring substituents is 1. The third kappa shape index (κ3) is 2.91. The van der Waals surface area contributed by atoms with Crippen molar-refractivity contribution in [2.45, 2.75) is 9.99 Å². The number of rotatable bonds is 4. The fourth-order valence-electron chi connectivity index (χ4n) is 1.32. The quantitative estimate of drug-likeness (QED) is 0.684. The van der Waals surface area contributed by atoms with Gasteiger partial charge in [-0.25, -0.2) is 9.18 Å². The number of carboxylic acid groups (broad SMARTS) is 1. The maximum Gasteiger partial charge on any atom is 0.371 e. The summed E-state index contributed by atoms with van der Waals surface area (Å²) in [5.74, 6) is -2.23. The van der Waals surface area contributed by atoms with Gasteiger partial charge in [-0.15, -0.1) is 0 Å². The Bertz CT molecular complexity index is 654. The van der Waals surface area contributed by atoms with Crippen LogP contribution in [0.15, 0.2) is 44.7 Å². The van der Waals surface area contributed by atoms with E-state index in [1.54, 1.807) is 0 Å². The Kier molecular flexibility index (Phi) is 3.52. The largest absolute Gasteiger partial charge is 0.475 e. The molecule has 1 aromatic carbocycles. The predicted molar refractivity (Wildman–Crippen MR) is 62.8 cm³/mol. The van der Waals surface area contributed by atoms with Crippen LogP contribution in [-0.2, 0) is 0 Å². The first-order chi connectivity index (χ1) is 8.97. The van der Waals surface area contributed by atoms with Gasteiger partial charge in [0.15, 0.2) is 5.09 Å². The molecule has 0 atom stereocenters. The maximum atomic E-state index is 12.9. The van der Waals surface area contributed by atoms with E-state index in [0.29, 0.717) is 0 Å². The van der Waals surface area contributed by atoms with Gasteiger partial charge in [0.25, 0.3) is 5.69 Å². The third-order valence-corrected chi connectivity index (χ3v) is 3.11. The number of carbonyl (C=O) groups is 1. The predicted octanol–water partition coefficient (Wildman–Crippen LogP) is 3.18. The SMILES string of the molecule is O=C(O)c1ccc(Sc2ccc(F)cc2[N+](=O)[O-])o1. The molecule has 1 aromatic heterocycles. The fourth-order valence-corrected chi connectivity index (χ4v) is 2.18. The van der Waals surface area contributed by atoms with Crippen molar-refractivity contribution in [2.75, 3.05) is 0 Å². The van der Waals surface area contributed by atoms with E-state index in [-0.39, 0.29) is 15.7 Å². The molecule has 8 heteroatoms. The van der Waals surface area contributed by atoms with Gasteiger partial charge >= 0.3 is 5.97 Å². The number of benzene rings is 1. The minimum absolute atomic E-state index is 0.165. The van der Waals surface area contributed by atoms with E-state index in [1.165, 1.54) is 18.2 Å². The standard InChI is InChI=1S/C11H6FNO5S/c12-6-1-3-9(7(5-6)13(16)17)19-10-4-2-8(18-10)11(14)15/h1-5H,(H,14,15). The zero-order chi connectivity index (χ0) is 14.0. The summed E-state index contributed by atoms with van der Waals surface area (Å²) >= 11 is 0.851. The van der Waals surface area contributed by atoms with Crippen LogP contribution in [0.1, 0.15) is 10.6 Å². The minimum atomic E-state index is -1.24. The zero-order valence-electron chi connectivity index (χ0n) is 9.20. The highest BCUT2D eigenvalue weighted by Crippen LogP contribution is 2.35. The Morgan fingerprint density at radius 3 is 2.68 bits per heavy atom. The van der Waals surface area contributed by atoms with Crippen molar-refractivity contribution in [2.24, 2.45) is 0 Å². The van der Waals surface area contributed by atoms with Crippen molar-refractivity contribution in [1.29, 1.82) is 0 Å². The third-order valence-electron chi connectivity index (χ3n) is 2.12. The first-order valence-electron chi connectivity index (χ1n) is 4.92. The molecule has 0 fully saturated rings. The minimum Gasteiger partial charge on any atom is -0.475 e. The van der Waals surface area contributed by atoms with Gasteiger partial charge in [0.2, 0.25) is 5.76 Å². The van der Waals surface area contributed by atoms with Crippen LogP contribution in [0.5, 0.6) is 0 Å². The molecule has 0 aliphatic rings. The van der Waals surface area contributed by atoms with E-state index in [9.17, 15) is 19.3 Å². The number of nitrogens with zero attached hydrogens (tertiary/aromatic N) is 1. The Morgan fingerprint density at radius 1 is 1.37 bits per heavy atom. The van der Waals surface area contributed by atoms with Crippen molar-refractivity contribution >= 4 is 23.4 Å². The van der Waals surface area contributed by atoms with Crippen molar-refractivity contribution in [3.8, 4) is 0 Å². The van der Waals surface area contributed by atoms with Gasteiger partial charge < -0.3 is 9.52 Å². The number of nitro groups is 1. The molecule has 2 rings (SSSR count). The molecule has 1 N–H and O–H groups in total. The van der Waals surface area contributed by atoms with E-state index in [0.717, 1.165) is 23.9 Å². The highest BCUT2D eigenvalue weighted by Gasteiger charge is 2.18. The molecule has 6 nitrogen and oxygen atoms in total. The molecule has 0 spiro atoms. The molecular formula is C11H6FNO5S. The summed E-state index contributed by atoms with van der Waals surface area (Å²) < 4.78 is 17.9. The fraction of sp³-hybridized carbons (Fsp3) is 0. The summed E-state index contributed by atoms with van der Waals surface area (Å²) in [5.41, 5.74) is -0.404. The summed E-state index contributed by atoms with van der Waals surface area (Å²) in [6.07, 6.45) is 0. The van der Waals surface area contributed by atoms with Crippen molar-refractivity contribution in [3.63, 3.8) is 0 Å². The van der Waals surface area contributed by atoms with Gasteiger partial charge in [-0.3, -0.25) is 10.1 Å². The Hall–Kier alpha value is -2.35. The van der Waals surface area contributed by atoms with Gasteiger partial charge in [0.05, 0.1) is 15.9 Å². The number of hydrogen-bond acceptors (Lipinski definition) is 5. The van der Waals surface area contributed by atoms with Gasteiger partial charge in [-0.2, -0.15) is 0 Å². The summed E-state index contributed by atoms with van der Waals surface area (Å²) in [5, 5.41) is 19.6. The van der Waals surface area contributed by atoms with Gasteiger partial charge in [-0.1, -0.05) is 0 Å². The summed E-state index contributed by atoms with van der Waals surface area (Å²) in [6, 6.07) is 5.72. The van der Waals surface area contributed by atoms with E-state index in [2.05, 4.69) is 0 Å². The first kappa shape index (κ1) is 13.1. The first-order valence-corrected chi connectivity index (χ1v) is 5.74. The Balaban J connectivity index is 2.32. The highest BCUT2D eigenvalue weighted by molar-refractivity contribution is 7.99. The maximum absolute atomic E-state index is 12.9. The highest BCUT2D eigenvalue weighted by atomic mass is 32.2. The van der Waals surface area contributed by atoms with E-state index in [4.69, 9.17) is 9.52 Å². The van der Waals surface area contributed by atoms with Gasteiger partial charge in [0.1, 0.15) is 5.82 Å². The van der Waals surface area contributed by atoms with Crippen LogP contribution in [0.3, 0.4) is 0 Å². The van der Waals surface area contributed by atoms with Gasteiger partial charge in [-0.05, 0) is 36.0 Å². The second-order valence-corrected chi connectivity index (χ2v) is 4.44. The molecule has 19 heavy (non-hydrogen) atoms. The summed E-state index contributed by atoms with van der Waals surface area (Å²) in [4.78, 5) is 20.9. The molecule has 0 aliphatic heterocycles. The van der Waals surface area contributed by atoms with Crippen LogP contribution in [0.4, 0.5) is 10.1 Å². The molecule has 0 unspecified atom stereocenters. The van der Waals surface area contributed by atoms with Crippen LogP contribution in [0.2, 0.25) is 0 Å². The van der Waals surface area contributed by atoms with Crippen LogP contribution in [0.25, 0.3) is 0 Å². The second kappa shape index (κ2) is 5.11. The molecule has 0 radical (unpaired) electrons. The normalized spacial score (nSPS) is 10.4. The lowest BCUT2D eigenvalue weighted by atomic mass is 10.3. The molecular weight excluding hydrogens is 277 g/mol. The van der Waals surface area contributed by atoms with Gasteiger partial charge in [0, 0.05) is 0 Å². The molecule has 0 bridgehead atoms. The monoisotopic (exact) mass is 283 g/mol. The van der Waals surface area contributed by atoms with Crippen molar-refractivity contribution in [3.05, 3.63) is 52.0 Å². The van der Waals surface area contributed by atoms with Crippen molar-refractivity contribution < 1.29 is 23.6 Å². The van der Waals surface area contributed by atoms with E-state index in [1.807, 2.05) is 0 Å². The van der Waals surface area contributed by atoms with E-state index >= 15 is 0 Å². The number of carboxylic acids is 1. The van der Waals surface area contributed by atoms with Crippen LogP contribution >= 0.6 is 11.8 Å². The molecule has 0 saturated heterocycles. The number of hydrogen-bond donors (Lipinski definition) is 1. The van der Waals surface area contributed by atoms with Crippen LogP contribution < -0.4 is 0 Å². The topological polar surface area (TPSA) is 93.6 Å². The smallest absolute Gasteiger partial charge is 0.371 e. The zero-order valence-corrected chi connectivity index (χ0v) is 10.0. The second-order valence-electron chi connectivity index (χ2n) is 3.40. The lowest BCUT2D eigenvalue weighted by molar-refractivity contribution is -0.387. The summed E-state index contributed by atoms with van der Waals surface area (Å²) in [7, 11) is 0. The van der Waals surface area contributed by atoms with Crippen molar-refractivity contribution in [1.82, 2.24) is 0 Å². The number of halogens is 1. The average Bonchev–Trinajstić information content (AvgIpc) is 2.80. The molecule has 0 saturated carbocycles. The molecule has 2 aromatic rings. The molecule has 0 amide bonds. The lowest BCUT2D eigenvalue weighted by Crippen LogP contribution is -1.92. The van der Waals surface area contributed by atoms with E-state index < -0.39 is 22.4 Å². The molecule has 0 aliphatic carbocycles. The molecule has 98 valence electrons. The van der Waals surface area contributed by atoms with Crippen LogP contribution in [0, 0.1) is 15.9 Å². The van der Waals surface area contributed by atoms with Crippen LogP contribution in [-0.4, -0.2) is 16.0 Å². The molecule has 1 heterocycles. The Labute approximate surface area is 110 Å². The summed E-state index contributed by atoms with van der Waals surface area (Å²) in [6.45, 7) is 0. The Morgan fingerprint density at radius 2 is 2.11 bits per heavy atom. The number of aromatic carboxylic acids is 1.